The molecule has 1 aliphatic rings. The van der Waals surface area contributed by atoms with E-state index in [0.717, 1.165) is 34.0 Å². The topological polar surface area (TPSA) is 65.4 Å². The Balaban J connectivity index is 1.87. The summed E-state index contributed by atoms with van der Waals surface area (Å²) < 4.78 is 12.5. The van der Waals surface area contributed by atoms with E-state index in [4.69, 9.17) is 14.6 Å². The molecule has 2 unspecified atom stereocenters. The second-order valence-corrected chi connectivity index (χ2v) is 8.33. The molecule has 6 nitrogen and oxygen atoms in total. The summed E-state index contributed by atoms with van der Waals surface area (Å²) in [6.45, 7) is 3.91. The fourth-order valence-corrected chi connectivity index (χ4v) is 4.80. The highest BCUT2D eigenvalue weighted by Crippen LogP contribution is 2.46. The number of anilines is 1. The highest BCUT2D eigenvalue weighted by molar-refractivity contribution is 8.01. The third-order valence-electron chi connectivity index (χ3n) is 5.03. The number of thioether (sulfide) groups is 1. The summed E-state index contributed by atoms with van der Waals surface area (Å²) >= 11 is 1.62. The van der Waals surface area contributed by atoms with Crippen molar-refractivity contribution in [2.24, 2.45) is 0 Å². The number of carbonyl (C=O) groups excluding carboxylic acids is 1. The second kappa shape index (κ2) is 7.83. The average molecular weight is 410 g/mol. The van der Waals surface area contributed by atoms with Gasteiger partial charge in [0.05, 0.1) is 36.1 Å². The molecule has 1 aromatic heterocycles. The molecule has 4 rings (SSSR count). The summed E-state index contributed by atoms with van der Waals surface area (Å²) in [6, 6.07) is 15.6. The van der Waals surface area contributed by atoms with Crippen LogP contribution in [0, 0.1) is 6.92 Å². The van der Waals surface area contributed by atoms with Gasteiger partial charge < -0.3 is 14.8 Å². The lowest BCUT2D eigenvalue weighted by Gasteiger charge is -2.18. The summed E-state index contributed by atoms with van der Waals surface area (Å²) in [5.41, 5.74) is 3.83. The van der Waals surface area contributed by atoms with Gasteiger partial charge in [0.25, 0.3) is 0 Å². The standard InChI is InChI=1S/C22H23N3O3S/c1-13-19-20(15-6-5-7-18(12-15)28-4)29-14(2)22(26)23-21(19)25(24-13)16-8-10-17(27-3)11-9-16/h5-12,14,20H,1-4H3,(H,23,26). The summed E-state index contributed by atoms with van der Waals surface area (Å²) in [4.78, 5) is 12.8. The van der Waals surface area contributed by atoms with Crippen molar-refractivity contribution in [3.63, 3.8) is 0 Å². The number of ether oxygens (including phenoxy) is 2. The zero-order valence-electron chi connectivity index (χ0n) is 16.8. The van der Waals surface area contributed by atoms with Crippen LogP contribution in [0.25, 0.3) is 5.69 Å². The van der Waals surface area contributed by atoms with Gasteiger partial charge in [-0.3, -0.25) is 4.79 Å². The maximum absolute atomic E-state index is 12.8. The number of hydrogen-bond acceptors (Lipinski definition) is 5. The van der Waals surface area contributed by atoms with Gasteiger partial charge in [-0.1, -0.05) is 12.1 Å². The molecule has 3 aromatic rings. The Morgan fingerprint density at radius 3 is 2.48 bits per heavy atom. The number of aryl methyl sites for hydroxylation is 1. The Kier molecular flexibility index (Phi) is 5.24. The predicted octanol–water partition coefficient (Wildman–Crippen LogP) is 4.36. The number of amides is 1. The highest BCUT2D eigenvalue weighted by atomic mass is 32.2. The van der Waals surface area contributed by atoms with Crippen LogP contribution in [0.4, 0.5) is 5.82 Å². The molecule has 0 spiro atoms. The molecule has 0 bridgehead atoms. The first kappa shape index (κ1) is 19.4. The summed E-state index contributed by atoms with van der Waals surface area (Å²) in [6.07, 6.45) is 0. The van der Waals surface area contributed by atoms with Crippen molar-refractivity contribution in [1.29, 1.82) is 0 Å². The van der Waals surface area contributed by atoms with Gasteiger partial charge in [0.1, 0.15) is 17.3 Å². The fraction of sp³-hybridized carbons (Fsp3) is 0.273. The van der Waals surface area contributed by atoms with Gasteiger partial charge in [0, 0.05) is 5.56 Å². The maximum atomic E-state index is 12.8. The Hall–Kier alpha value is -2.93. The number of fused-ring (bicyclic) bond motifs is 1. The van der Waals surface area contributed by atoms with Crippen molar-refractivity contribution in [2.45, 2.75) is 24.3 Å². The molecule has 7 heteroatoms. The van der Waals surface area contributed by atoms with Crippen LogP contribution in [-0.4, -0.2) is 35.2 Å². The molecule has 0 radical (unpaired) electrons. The number of nitrogens with one attached hydrogen (secondary N) is 1. The zero-order valence-corrected chi connectivity index (χ0v) is 17.6. The summed E-state index contributed by atoms with van der Waals surface area (Å²) in [5.74, 6) is 2.24. The molecule has 1 aliphatic heterocycles. The minimum absolute atomic E-state index is 0.0312. The predicted molar refractivity (Wildman–Crippen MR) is 115 cm³/mol. The molecule has 2 heterocycles. The number of hydrogen-bond donors (Lipinski definition) is 1. The molecule has 1 amide bonds. The van der Waals surface area contributed by atoms with E-state index in [1.54, 1.807) is 30.7 Å². The maximum Gasteiger partial charge on any atom is 0.238 e. The van der Waals surface area contributed by atoms with Crippen molar-refractivity contribution in [1.82, 2.24) is 9.78 Å². The first-order valence-electron chi connectivity index (χ1n) is 9.36. The van der Waals surface area contributed by atoms with E-state index in [2.05, 4.69) is 11.4 Å². The molecule has 0 saturated heterocycles. The van der Waals surface area contributed by atoms with Gasteiger partial charge in [0.15, 0.2) is 0 Å². The zero-order chi connectivity index (χ0) is 20.5. The molecule has 0 saturated carbocycles. The lowest BCUT2D eigenvalue weighted by atomic mass is 10.0. The SMILES string of the molecule is COc1ccc(-n2nc(C)c3c2NC(=O)C(C)SC3c2cccc(OC)c2)cc1. The minimum atomic E-state index is -0.206. The van der Waals surface area contributed by atoms with Crippen molar-refractivity contribution in [2.75, 3.05) is 19.5 Å². The summed E-state index contributed by atoms with van der Waals surface area (Å²) in [5, 5.41) is 7.60. The van der Waals surface area contributed by atoms with E-state index in [1.807, 2.05) is 56.3 Å². The molecule has 0 aliphatic carbocycles. The third-order valence-corrected chi connectivity index (χ3v) is 6.44. The van der Waals surface area contributed by atoms with E-state index in [9.17, 15) is 4.79 Å². The van der Waals surface area contributed by atoms with Crippen molar-refractivity contribution in [3.05, 3.63) is 65.4 Å². The van der Waals surface area contributed by atoms with Crippen molar-refractivity contribution < 1.29 is 14.3 Å². The Bertz CT molecular complexity index is 1050. The van der Waals surface area contributed by atoms with Crippen molar-refractivity contribution in [3.8, 4) is 17.2 Å². The van der Waals surface area contributed by atoms with Gasteiger partial charge in [0.2, 0.25) is 5.91 Å². The van der Waals surface area contributed by atoms with Gasteiger partial charge in [-0.2, -0.15) is 5.10 Å². The Morgan fingerprint density at radius 2 is 1.79 bits per heavy atom. The van der Waals surface area contributed by atoms with Crippen LogP contribution in [0.3, 0.4) is 0 Å². The van der Waals surface area contributed by atoms with Crippen LogP contribution < -0.4 is 14.8 Å². The van der Waals surface area contributed by atoms with Crippen LogP contribution in [0.1, 0.15) is 29.0 Å². The first-order chi connectivity index (χ1) is 14.0. The number of benzene rings is 2. The van der Waals surface area contributed by atoms with E-state index in [0.29, 0.717) is 5.82 Å². The normalized spacial score (nSPS) is 18.6. The Labute approximate surface area is 174 Å². The lowest BCUT2D eigenvalue weighted by molar-refractivity contribution is -0.115. The van der Waals surface area contributed by atoms with E-state index in [1.165, 1.54) is 0 Å². The van der Waals surface area contributed by atoms with E-state index >= 15 is 0 Å². The third kappa shape index (κ3) is 3.58. The van der Waals surface area contributed by atoms with Gasteiger partial charge in [-0.05, 0) is 55.8 Å². The molecule has 0 fully saturated rings. The van der Waals surface area contributed by atoms with E-state index in [-0.39, 0.29) is 16.4 Å². The molecular formula is C22H23N3O3S. The second-order valence-electron chi connectivity index (χ2n) is 6.88. The quantitative estimate of drug-likeness (QED) is 0.694. The van der Waals surface area contributed by atoms with Crippen LogP contribution in [0.2, 0.25) is 0 Å². The number of carbonyl (C=O) groups is 1. The number of rotatable bonds is 4. The van der Waals surface area contributed by atoms with Crippen LogP contribution in [-0.2, 0) is 4.79 Å². The van der Waals surface area contributed by atoms with Crippen LogP contribution >= 0.6 is 11.8 Å². The monoisotopic (exact) mass is 409 g/mol. The smallest absolute Gasteiger partial charge is 0.238 e. The van der Waals surface area contributed by atoms with Gasteiger partial charge >= 0.3 is 0 Å². The lowest BCUT2D eigenvalue weighted by Crippen LogP contribution is -2.22. The minimum Gasteiger partial charge on any atom is -0.497 e. The van der Waals surface area contributed by atoms with Gasteiger partial charge in [-0.25, -0.2) is 4.68 Å². The van der Waals surface area contributed by atoms with Crippen molar-refractivity contribution >= 4 is 23.5 Å². The van der Waals surface area contributed by atoms with E-state index < -0.39 is 0 Å². The number of aromatic nitrogens is 2. The largest absolute Gasteiger partial charge is 0.497 e. The molecular weight excluding hydrogens is 386 g/mol. The Morgan fingerprint density at radius 1 is 1.07 bits per heavy atom. The van der Waals surface area contributed by atoms with Gasteiger partial charge in [-0.15, -0.1) is 11.8 Å². The number of nitrogens with zero attached hydrogens (tertiary/aromatic N) is 2. The van der Waals surface area contributed by atoms with Crippen LogP contribution in [0.5, 0.6) is 11.5 Å². The molecule has 29 heavy (non-hydrogen) atoms. The highest BCUT2D eigenvalue weighted by Gasteiger charge is 2.34. The molecule has 2 aromatic carbocycles. The molecule has 150 valence electrons. The molecule has 2 atom stereocenters. The summed E-state index contributed by atoms with van der Waals surface area (Å²) in [7, 11) is 3.29. The average Bonchev–Trinajstić information content (AvgIpc) is 2.99. The van der Waals surface area contributed by atoms with Crippen LogP contribution in [0.15, 0.2) is 48.5 Å². The number of methoxy groups -OCH3 is 2. The fourth-order valence-electron chi connectivity index (χ4n) is 3.49. The first-order valence-corrected chi connectivity index (χ1v) is 10.3. The molecule has 1 N–H and O–H groups in total.